The number of amides is 3. The van der Waals surface area contributed by atoms with Gasteiger partial charge in [-0.3, -0.25) is 14.4 Å². The van der Waals surface area contributed by atoms with E-state index in [1.807, 2.05) is 42.1 Å². The lowest BCUT2D eigenvalue weighted by atomic mass is 9.88. The van der Waals surface area contributed by atoms with Crippen molar-refractivity contribution in [2.24, 2.45) is 13.0 Å². The summed E-state index contributed by atoms with van der Waals surface area (Å²) < 4.78 is 14.6. The molecule has 2 aromatic heterocycles. The number of imidazole rings is 1. The van der Waals surface area contributed by atoms with Crippen molar-refractivity contribution in [2.75, 3.05) is 53.0 Å². The second-order valence-electron chi connectivity index (χ2n) is 9.54. The van der Waals surface area contributed by atoms with Crippen LogP contribution in [-0.2, 0) is 21.4 Å². The van der Waals surface area contributed by atoms with Crippen LogP contribution < -0.4 is 10.1 Å². The first-order valence-electron chi connectivity index (χ1n) is 12.5. The van der Waals surface area contributed by atoms with E-state index in [4.69, 9.17) is 9.47 Å². The summed E-state index contributed by atoms with van der Waals surface area (Å²) in [5.41, 5.74) is 2.20. The Hall–Kier alpha value is -3.86. The number of fused-ring (bicyclic) bond motifs is 5. The number of likely N-dealkylation sites (tertiary alicyclic amines) is 1. The van der Waals surface area contributed by atoms with Gasteiger partial charge in [-0.2, -0.15) is 5.10 Å². The highest BCUT2D eigenvalue weighted by molar-refractivity contribution is 5.99. The number of carbonyl (C=O) groups excluding carboxylic acids is 3. The van der Waals surface area contributed by atoms with E-state index in [0.29, 0.717) is 57.1 Å². The number of aromatic nitrogens is 3. The summed E-state index contributed by atoms with van der Waals surface area (Å²) in [6.07, 6.45) is 5.84. The summed E-state index contributed by atoms with van der Waals surface area (Å²) in [5, 5.41) is 7.33. The van der Waals surface area contributed by atoms with E-state index in [1.165, 1.54) is 7.11 Å². The first kappa shape index (κ1) is 24.8. The third kappa shape index (κ3) is 5.04. The van der Waals surface area contributed by atoms with Gasteiger partial charge in [0.1, 0.15) is 30.2 Å². The largest absolute Gasteiger partial charge is 0.492 e. The minimum Gasteiger partial charge on any atom is -0.492 e. The fourth-order valence-electron chi connectivity index (χ4n) is 5.23. The number of hydrogen-bond acceptors (Lipinski definition) is 6. The fourth-order valence-corrected chi connectivity index (χ4v) is 5.23. The summed E-state index contributed by atoms with van der Waals surface area (Å²) in [6, 6.07) is 7.66. The summed E-state index contributed by atoms with van der Waals surface area (Å²) in [5.74, 6) is -0.208. The minimum atomic E-state index is -0.380. The molecule has 0 aliphatic carbocycles. The maximum atomic E-state index is 13.5. The van der Waals surface area contributed by atoms with E-state index in [0.717, 1.165) is 11.2 Å². The maximum absolute atomic E-state index is 13.5. The molecule has 5 rings (SSSR count). The molecule has 2 atom stereocenters. The van der Waals surface area contributed by atoms with E-state index in [-0.39, 0.29) is 36.2 Å². The quantitative estimate of drug-likeness (QED) is 0.563. The zero-order valence-electron chi connectivity index (χ0n) is 21.1. The number of carbonyl (C=O) groups is 3. The molecule has 0 unspecified atom stereocenters. The van der Waals surface area contributed by atoms with Gasteiger partial charge in [-0.25, -0.2) is 4.52 Å². The number of nitrogens with one attached hydrogen (secondary N) is 1. The molecule has 1 saturated heterocycles. The molecule has 4 heterocycles. The van der Waals surface area contributed by atoms with Crippen LogP contribution in [0.4, 0.5) is 0 Å². The molecule has 0 saturated carbocycles. The highest BCUT2D eigenvalue weighted by atomic mass is 16.5. The Balaban J connectivity index is 1.36. The van der Waals surface area contributed by atoms with Crippen molar-refractivity contribution in [3.8, 4) is 5.75 Å². The van der Waals surface area contributed by atoms with Crippen molar-refractivity contribution in [2.45, 2.75) is 12.3 Å². The predicted molar refractivity (Wildman–Crippen MR) is 134 cm³/mol. The molecule has 11 heteroatoms. The lowest BCUT2D eigenvalue weighted by Gasteiger charge is -2.24. The molecular weight excluding hydrogens is 476 g/mol. The monoisotopic (exact) mass is 508 g/mol. The Morgan fingerprint density at radius 3 is 2.84 bits per heavy atom. The van der Waals surface area contributed by atoms with Crippen LogP contribution in [0.2, 0.25) is 0 Å². The first-order chi connectivity index (χ1) is 18.0. The second kappa shape index (κ2) is 10.6. The lowest BCUT2D eigenvalue weighted by molar-refractivity contribution is -0.134. The molecule has 1 N–H and O–H groups in total. The molecule has 2 aliphatic rings. The van der Waals surface area contributed by atoms with Crippen molar-refractivity contribution in [1.82, 2.24) is 29.3 Å². The van der Waals surface area contributed by atoms with Gasteiger partial charge in [-0.1, -0.05) is 12.1 Å². The van der Waals surface area contributed by atoms with Crippen molar-refractivity contribution in [1.29, 1.82) is 0 Å². The molecule has 2 aliphatic heterocycles. The minimum absolute atomic E-state index is 0.0133. The second-order valence-corrected chi connectivity index (χ2v) is 9.54. The average Bonchev–Trinajstić information content (AvgIpc) is 3.61. The van der Waals surface area contributed by atoms with E-state index in [9.17, 15) is 14.4 Å². The zero-order valence-corrected chi connectivity index (χ0v) is 21.1. The Morgan fingerprint density at radius 2 is 2.00 bits per heavy atom. The van der Waals surface area contributed by atoms with E-state index in [1.54, 1.807) is 26.7 Å². The van der Waals surface area contributed by atoms with E-state index >= 15 is 0 Å². The molecule has 11 nitrogen and oxygen atoms in total. The van der Waals surface area contributed by atoms with Crippen molar-refractivity contribution in [3.05, 3.63) is 54.0 Å². The predicted octanol–water partition coefficient (Wildman–Crippen LogP) is 0.902. The van der Waals surface area contributed by atoms with Crippen LogP contribution in [-0.4, -0.2) is 94.7 Å². The van der Waals surface area contributed by atoms with Crippen molar-refractivity contribution >= 4 is 23.4 Å². The van der Waals surface area contributed by atoms with Crippen LogP contribution in [0.25, 0.3) is 5.65 Å². The van der Waals surface area contributed by atoms with Crippen molar-refractivity contribution < 1.29 is 23.9 Å². The molecule has 1 aromatic carbocycles. The number of benzene rings is 1. The van der Waals surface area contributed by atoms with Gasteiger partial charge in [0.05, 0.1) is 18.7 Å². The SMILES string of the molecule is COCC(=O)N1C[C@@H]2C(=O)NCCCN(C(=O)c3cnn4ccn(C)c34)CCOc3cccc(c3)[C@H]2C1. The maximum Gasteiger partial charge on any atom is 0.259 e. The summed E-state index contributed by atoms with van der Waals surface area (Å²) >= 11 is 0. The fraction of sp³-hybridized carbons (Fsp3) is 0.462. The number of ether oxygens (including phenoxy) is 2. The van der Waals surface area contributed by atoms with Crippen LogP contribution in [0.5, 0.6) is 5.75 Å². The van der Waals surface area contributed by atoms with Crippen LogP contribution in [0.3, 0.4) is 0 Å². The number of rotatable bonds is 3. The normalized spacial score (nSPS) is 20.8. The van der Waals surface area contributed by atoms with Gasteiger partial charge >= 0.3 is 0 Å². The standard InChI is InChI=1S/C26H32N6O5/c1-29-9-10-32-25(29)20(14-28-32)26(35)30-8-4-7-27-24(34)22-16-31(23(33)17-36-2)15-21(22)18-5-3-6-19(13-18)37-12-11-30/h3,5-6,9-10,13-14,21-22H,4,7-8,11-12,15-17H2,1-2H3,(H,27,34)/t21-,22+/m1/s1. The molecule has 0 radical (unpaired) electrons. The van der Waals surface area contributed by atoms with Crippen LogP contribution in [0.1, 0.15) is 28.3 Å². The molecule has 3 amide bonds. The van der Waals surface area contributed by atoms with E-state index in [2.05, 4.69) is 10.4 Å². The van der Waals surface area contributed by atoms with Gasteiger partial charge in [0.25, 0.3) is 5.91 Å². The van der Waals surface area contributed by atoms with Gasteiger partial charge in [0.2, 0.25) is 11.8 Å². The van der Waals surface area contributed by atoms with Crippen molar-refractivity contribution in [3.63, 3.8) is 0 Å². The molecule has 2 bridgehead atoms. The van der Waals surface area contributed by atoms with Gasteiger partial charge in [0.15, 0.2) is 0 Å². The number of hydrogen-bond donors (Lipinski definition) is 1. The summed E-state index contributed by atoms with van der Waals surface area (Å²) in [4.78, 5) is 42.7. The molecule has 0 spiro atoms. The van der Waals surface area contributed by atoms with Crippen LogP contribution in [0.15, 0.2) is 42.9 Å². The summed E-state index contributed by atoms with van der Waals surface area (Å²) in [6.45, 7) is 2.37. The van der Waals surface area contributed by atoms with E-state index < -0.39 is 0 Å². The zero-order chi connectivity index (χ0) is 25.9. The Morgan fingerprint density at radius 1 is 1.16 bits per heavy atom. The number of methoxy groups -OCH3 is 1. The van der Waals surface area contributed by atoms with Gasteiger partial charge in [0, 0.05) is 58.6 Å². The summed E-state index contributed by atoms with van der Waals surface area (Å²) in [7, 11) is 3.37. The average molecular weight is 509 g/mol. The lowest BCUT2D eigenvalue weighted by Crippen LogP contribution is -2.39. The molecule has 196 valence electrons. The van der Waals surface area contributed by atoms with Crippen LogP contribution in [0, 0.1) is 5.92 Å². The Labute approximate surface area is 214 Å². The van der Waals surface area contributed by atoms with Crippen LogP contribution >= 0.6 is 0 Å². The highest BCUT2D eigenvalue weighted by Gasteiger charge is 2.40. The Bertz CT molecular complexity index is 1300. The molecular formula is C26H32N6O5. The van der Waals surface area contributed by atoms with Gasteiger partial charge in [-0.15, -0.1) is 0 Å². The topological polar surface area (TPSA) is 110 Å². The molecule has 1 fully saturated rings. The third-order valence-corrected chi connectivity index (χ3v) is 7.15. The molecule has 37 heavy (non-hydrogen) atoms. The molecule has 3 aromatic rings. The Kier molecular flexibility index (Phi) is 7.13. The third-order valence-electron chi connectivity index (χ3n) is 7.15. The van der Waals surface area contributed by atoms with Gasteiger partial charge in [-0.05, 0) is 24.1 Å². The smallest absolute Gasteiger partial charge is 0.259 e. The van der Waals surface area contributed by atoms with Gasteiger partial charge < -0.3 is 29.2 Å². The first-order valence-corrected chi connectivity index (χ1v) is 12.5. The highest BCUT2D eigenvalue weighted by Crippen LogP contribution is 2.34. The number of nitrogens with zero attached hydrogens (tertiary/aromatic N) is 5. The number of aryl methyl sites for hydroxylation is 1.